The van der Waals surface area contributed by atoms with Crippen molar-refractivity contribution in [3.8, 4) is 0 Å². The zero-order valence-corrected chi connectivity index (χ0v) is 9.50. The van der Waals surface area contributed by atoms with Gasteiger partial charge in [-0.1, -0.05) is 19.4 Å². The molecule has 0 radical (unpaired) electrons. The van der Waals surface area contributed by atoms with Gasteiger partial charge >= 0.3 is 0 Å². The summed E-state index contributed by atoms with van der Waals surface area (Å²) in [7, 11) is 0. The summed E-state index contributed by atoms with van der Waals surface area (Å²) in [5.41, 5.74) is 0.962. The van der Waals surface area contributed by atoms with Crippen molar-refractivity contribution >= 4 is 5.91 Å². The summed E-state index contributed by atoms with van der Waals surface area (Å²) in [4.78, 5) is 11.3. The van der Waals surface area contributed by atoms with Crippen molar-refractivity contribution in [3.05, 3.63) is 11.6 Å². The summed E-state index contributed by atoms with van der Waals surface area (Å²) in [5.74, 6) is 0.351. The molecule has 0 fully saturated rings. The summed E-state index contributed by atoms with van der Waals surface area (Å²) in [5, 5.41) is 11.8. The fourth-order valence-corrected chi connectivity index (χ4v) is 1.25. The van der Waals surface area contributed by atoms with Crippen LogP contribution in [0.1, 0.15) is 34.1 Å². The van der Waals surface area contributed by atoms with Gasteiger partial charge in [-0.2, -0.15) is 0 Å². The number of amides is 1. The van der Waals surface area contributed by atoms with E-state index in [0.29, 0.717) is 5.92 Å². The second-order valence-corrected chi connectivity index (χ2v) is 4.24. The zero-order valence-electron chi connectivity index (χ0n) is 9.50. The normalized spacial score (nSPS) is 12.4. The van der Waals surface area contributed by atoms with E-state index in [2.05, 4.69) is 19.2 Å². The maximum Gasteiger partial charge on any atom is 0.244 e. The van der Waals surface area contributed by atoms with Gasteiger partial charge in [-0.3, -0.25) is 4.79 Å². The fraction of sp³-hybridized carbons (Fsp3) is 0.727. The first-order valence-corrected chi connectivity index (χ1v) is 5.02. The summed E-state index contributed by atoms with van der Waals surface area (Å²) >= 11 is 0. The first kappa shape index (κ1) is 13.2. The minimum Gasteiger partial charge on any atom is -0.394 e. The van der Waals surface area contributed by atoms with E-state index in [1.807, 2.05) is 13.8 Å². The van der Waals surface area contributed by atoms with Gasteiger partial charge in [0.25, 0.3) is 0 Å². The number of aliphatic hydroxyl groups excluding tert-OH is 1. The maximum atomic E-state index is 11.3. The SMILES string of the molecule is CC(C)=CC(=O)NC(CO)CC(C)C. The van der Waals surface area contributed by atoms with Gasteiger partial charge in [0, 0.05) is 6.08 Å². The molecule has 2 N–H and O–H groups in total. The van der Waals surface area contributed by atoms with Crippen LogP contribution in [0.25, 0.3) is 0 Å². The fourth-order valence-electron chi connectivity index (χ4n) is 1.25. The van der Waals surface area contributed by atoms with Crippen LogP contribution in [-0.4, -0.2) is 23.7 Å². The Bertz CT molecular complexity index is 205. The molecular formula is C11H21NO2. The van der Waals surface area contributed by atoms with E-state index in [0.717, 1.165) is 12.0 Å². The Morgan fingerprint density at radius 1 is 1.43 bits per heavy atom. The van der Waals surface area contributed by atoms with Crippen molar-refractivity contribution in [2.75, 3.05) is 6.61 Å². The van der Waals surface area contributed by atoms with Crippen LogP contribution >= 0.6 is 0 Å². The van der Waals surface area contributed by atoms with E-state index in [9.17, 15) is 4.79 Å². The number of rotatable bonds is 5. The minimum absolute atomic E-state index is 0.000518. The molecule has 0 aliphatic rings. The van der Waals surface area contributed by atoms with Gasteiger partial charge in [-0.05, 0) is 26.2 Å². The molecule has 0 aromatic rings. The van der Waals surface area contributed by atoms with Crippen LogP contribution in [0.15, 0.2) is 11.6 Å². The number of carbonyl (C=O) groups excluding carboxylic acids is 1. The van der Waals surface area contributed by atoms with Crippen molar-refractivity contribution in [1.29, 1.82) is 0 Å². The van der Waals surface area contributed by atoms with Crippen LogP contribution < -0.4 is 5.32 Å². The molecule has 0 saturated heterocycles. The molecule has 3 nitrogen and oxygen atoms in total. The Kier molecular flexibility index (Phi) is 6.21. The van der Waals surface area contributed by atoms with Crippen LogP contribution in [0.2, 0.25) is 0 Å². The largest absolute Gasteiger partial charge is 0.394 e. The quantitative estimate of drug-likeness (QED) is 0.659. The summed E-state index contributed by atoms with van der Waals surface area (Å²) in [6.07, 6.45) is 2.35. The predicted molar refractivity (Wildman–Crippen MR) is 57.9 cm³/mol. The molecular weight excluding hydrogens is 178 g/mol. The molecule has 1 unspecified atom stereocenters. The zero-order chi connectivity index (χ0) is 11.1. The average molecular weight is 199 g/mol. The molecule has 3 heteroatoms. The smallest absolute Gasteiger partial charge is 0.244 e. The van der Waals surface area contributed by atoms with Crippen molar-refractivity contribution in [2.24, 2.45) is 5.92 Å². The Morgan fingerprint density at radius 2 is 2.00 bits per heavy atom. The summed E-state index contributed by atoms with van der Waals surface area (Å²) in [6, 6.07) is -0.127. The number of allylic oxidation sites excluding steroid dienone is 1. The Balaban J connectivity index is 4.05. The molecule has 0 aliphatic heterocycles. The van der Waals surface area contributed by atoms with Crippen LogP contribution in [0.4, 0.5) is 0 Å². The highest BCUT2D eigenvalue weighted by Gasteiger charge is 2.11. The van der Waals surface area contributed by atoms with Gasteiger partial charge in [-0.25, -0.2) is 0 Å². The molecule has 0 saturated carbocycles. The molecule has 0 heterocycles. The van der Waals surface area contributed by atoms with Gasteiger partial charge in [0.2, 0.25) is 5.91 Å². The molecule has 0 rings (SSSR count). The third kappa shape index (κ3) is 6.66. The first-order valence-electron chi connectivity index (χ1n) is 5.02. The molecule has 82 valence electrons. The molecule has 1 atom stereocenters. The highest BCUT2D eigenvalue weighted by atomic mass is 16.3. The molecule has 0 aliphatic carbocycles. The summed E-state index contributed by atoms with van der Waals surface area (Å²) in [6.45, 7) is 7.87. The molecule has 0 bridgehead atoms. The van der Waals surface area contributed by atoms with Crippen LogP contribution in [0, 0.1) is 5.92 Å². The van der Waals surface area contributed by atoms with E-state index in [1.165, 1.54) is 0 Å². The van der Waals surface area contributed by atoms with Crippen molar-refractivity contribution in [3.63, 3.8) is 0 Å². The molecule has 1 amide bonds. The molecule has 0 spiro atoms. The lowest BCUT2D eigenvalue weighted by atomic mass is 10.0. The Labute approximate surface area is 86.2 Å². The van der Waals surface area contributed by atoms with E-state index in [-0.39, 0.29) is 18.6 Å². The third-order valence-corrected chi connectivity index (χ3v) is 1.74. The summed E-state index contributed by atoms with van der Waals surface area (Å²) < 4.78 is 0. The second kappa shape index (κ2) is 6.60. The topological polar surface area (TPSA) is 49.3 Å². The van der Waals surface area contributed by atoms with Crippen LogP contribution in [0.3, 0.4) is 0 Å². The van der Waals surface area contributed by atoms with Crippen LogP contribution in [0.5, 0.6) is 0 Å². The molecule has 14 heavy (non-hydrogen) atoms. The van der Waals surface area contributed by atoms with Crippen molar-refractivity contribution < 1.29 is 9.90 Å². The molecule has 0 aromatic heterocycles. The lowest BCUT2D eigenvalue weighted by Crippen LogP contribution is -2.37. The molecule has 0 aromatic carbocycles. The van der Waals surface area contributed by atoms with Gasteiger partial charge < -0.3 is 10.4 Å². The van der Waals surface area contributed by atoms with Crippen LogP contribution in [-0.2, 0) is 4.79 Å². The lowest BCUT2D eigenvalue weighted by molar-refractivity contribution is -0.117. The van der Waals surface area contributed by atoms with Gasteiger partial charge in [0.05, 0.1) is 12.6 Å². The highest BCUT2D eigenvalue weighted by molar-refractivity contribution is 5.88. The third-order valence-electron chi connectivity index (χ3n) is 1.74. The standard InChI is InChI=1S/C11H21NO2/c1-8(2)5-10(7-13)12-11(14)6-9(3)4/h6,8,10,13H,5,7H2,1-4H3,(H,12,14). The second-order valence-electron chi connectivity index (χ2n) is 4.24. The number of carbonyl (C=O) groups is 1. The van der Waals surface area contributed by atoms with E-state index >= 15 is 0 Å². The first-order chi connectivity index (χ1) is 6.45. The van der Waals surface area contributed by atoms with E-state index in [1.54, 1.807) is 6.08 Å². The highest BCUT2D eigenvalue weighted by Crippen LogP contribution is 2.04. The average Bonchev–Trinajstić information content (AvgIpc) is 2.00. The maximum absolute atomic E-state index is 11.3. The monoisotopic (exact) mass is 199 g/mol. The number of aliphatic hydroxyl groups is 1. The predicted octanol–water partition coefficient (Wildman–Crippen LogP) is 1.48. The van der Waals surface area contributed by atoms with Gasteiger partial charge in [0.15, 0.2) is 0 Å². The van der Waals surface area contributed by atoms with Crippen molar-refractivity contribution in [1.82, 2.24) is 5.32 Å². The number of nitrogens with one attached hydrogen (secondary N) is 1. The Hall–Kier alpha value is -0.830. The van der Waals surface area contributed by atoms with Gasteiger partial charge in [-0.15, -0.1) is 0 Å². The van der Waals surface area contributed by atoms with E-state index < -0.39 is 0 Å². The minimum atomic E-state index is -0.127. The van der Waals surface area contributed by atoms with Gasteiger partial charge in [0.1, 0.15) is 0 Å². The van der Waals surface area contributed by atoms with E-state index in [4.69, 9.17) is 5.11 Å². The Morgan fingerprint density at radius 3 is 2.36 bits per heavy atom. The van der Waals surface area contributed by atoms with Crippen molar-refractivity contribution in [2.45, 2.75) is 40.2 Å². The lowest BCUT2D eigenvalue weighted by Gasteiger charge is -2.17. The number of hydrogen-bond acceptors (Lipinski definition) is 2. The number of hydrogen-bond donors (Lipinski definition) is 2.